The smallest absolute Gasteiger partial charge is 0.119 e. The number of aliphatic hydroxyl groups excluding tert-OH is 1. The Morgan fingerprint density at radius 3 is 2.39 bits per heavy atom. The molecule has 94 valence electrons. The minimum absolute atomic E-state index is 0.0775. The van der Waals surface area contributed by atoms with Crippen molar-refractivity contribution in [1.82, 2.24) is 0 Å². The second kappa shape index (κ2) is 6.22. The molecule has 0 bridgehead atoms. The number of hydrogen-bond donors (Lipinski definition) is 1. The third-order valence-corrected chi connectivity index (χ3v) is 3.11. The third kappa shape index (κ3) is 3.11. The van der Waals surface area contributed by atoms with Crippen LogP contribution in [0, 0.1) is 0 Å². The molecule has 0 saturated carbocycles. The van der Waals surface area contributed by atoms with Crippen molar-refractivity contribution in [3.63, 3.8) is 0 Å². The summed E-state index contributed by atoms with van der Waals surface area (Å²) in [6.07, 6.45) is 1.89. The van der Waals surface area contributed by atoms with Crippen LogP contribution >= 0.6 is 0 Å². The molecule has 0 aliphatic carbocycles. The molecule has 0 aromatic heterocycles. The van der Waals surface area contributed by atoms with Crippen LogP contribution in [0.3, 0.4) is 0 Å². The zero-order chi connectivity index (χ0) is 12.8. The first-order chi connectivity index (χ1) is 8.83. The number of methoxy groups -OCH3 is 1. The molecule has 2 heteroatoms. The van der Waals surface area contributed by atoms with Crippen LogP contribution in [0.15, 0.2) is 48.5 Å². The summed E-state index contributed by atoms with van der Waals surface area (Å²) in [6.45, 7) is 0.0775. The molecule has 1 N–H and O–H groups in total. The molecular weight excluding hydrogens is 224 g/mol. The Morgan fingerprint density at radius 1 is 0.944 bits per heavy atom. The van der Waals surface area contributed by atoms with Gasteiger partial charge in [-0.15, -0.1) is 0 Å². The molecule has 0 amide bonds. The van der Waals surface area contributed by atoms with Crippen molar-refractivity contribution in [2.24, 2.45) is 0 Å². The number of aryl methyl sites for hydroxylation is 2. The van der Waals surface area contributed by atoms with E-state index in [1.54, 1.807) is 7.11 Å². The summed E-state index contributed by atoms with van der Waals surface area (Å²) in [7, 11) is 1.66. The minimum Gasteiger partial charge on any atom is -0.497 e. The third-order valence-electron chi connectivity index (χ3n) is 3.11. The maximum atomic E-state index is 9.34. The zero-order valence-electron chi connectivity index (χ0n) is 10.6. The van der Waals surface area contributed by atoms with Gasteiger partial charge in [-0.3, -0.25) is 0 Å². The maximum Gasteiger partial charge on any atom is 0.119 e. The first-order valence-electron chi connectivity index (χ1n) is 6.14. The van der Waals surface area contributed by atoms with E-state index in [-0.39, 0.29) is 6.61 Å². The summed E-state index contributed by atoms with van der Waals surface area (Å²) < 4.78 is 5.22. The van der Waals surface area contributed by atoms with Gasteiger partial charge in [-0.25, -0.2) is 0 Å². The Kier molecular flexibility index (Phi) is 4.37. The minimum atomic E-state index is 0.0775. The highest BCUT2D eigenvalue weighted by molar-refractivity contribution is 5.36. The van der Waals surface area contributed by atoms with E-state index in [0.717, 1.165) is 29.7 Å². The Hall–Kier alpha value is -1.80. The van der Waals surface area contributed by atoms with Crippen LogP contribution in [0.2, 0.25) is 0 Å². The largest absolute Gasteiger partial charge is 0.497 e. The van der Waals surface area contributed by atoms with Crippen molar-refractivity contribution in [1.29, 1.82) is 0 Å². The molecule has 0 radical (unpaired) electrons. The van der Waals surface area contributed by atoms with Gasteiger partial charge in [0.25, 0.3) is 0 Å². The monoisotopic (exact) mass is 242 g/mol. The van der Waals surface area contributed by atoms with Crippen molar-refractivity contribution >= 4 is 0 Å². The molecule has 18 heavy (non-hydrogen) atoms. The summed E-state index contributed by atoms with van der Waals surface area (Å²) in [5.74, 6) is 0.843. The number of aliphatic hydroxyl groups is 1. The molecule has 2 aromatic carbocycles. The fourth-order valence-corrected chi connectivity index (χ4v) is 2.04. The van der Waals surface area contributed by atoms with Gasteiger partial charge in [0.1, 0.15) is 5.75 Å². The molecule has 0 fully saturated rings. The van der Waals surface area contributed by atoms with Gasteiger partial charge in [0.15, 0.2) is 0 Å². The Balaban J connectivity index is 2.12. The van der Waals surface area contributed by atoms with E-state index in [0.29, 0.717) is 0 Å². The van der Waals surface area contributed by atoms with Gasteiger partial charge in [0, 0.05) is 0 Å². The quantitative estimate of drug-likeness (QED) is 0.873. The lowest BCUT2D eigenvalue weighted by atomic mass is 10.00. The predicted molar refractivity (Wildman–Crippen MR) is 72.8 cm³/mol. The predicted octanol–water partition coefficient (Wildman–Crippen LogP) is 2.97. The Labute approximate surface area is 108 Å². The van der Waals surface area contributed by atoms with E-state index in [2.05, 4.69) is 12.1 Å². The molecule has 0 unspecified atom stereocenters. The standard InChI is InChI=1S/C16H18O2/c1-18-16-10-9-15(12-17)14(11-16)8-7-13-5-3-2-4-6-13/h2-6,9-11,17H,7-8,12H2,1H3. The first kappa shape index (κ1) is 12.7. The summed E-state index contributed by atoms with van der Waals surface area (Å²) in [6, 6.07) is 16.2. The molecule has 0 heterocycles. The van der Waals surface area contributed by atoms with Gasteiger partial charge in [-0.1, -0.05) is 36.4 Å². The van der Waals surface area contributed by atoms with E-state index < -0.39 is 0 Å². The zero-order valence-corrected chi connectivity index (χ0v) is 10.6. The van der Waals surface area contributed by atoms with Crippen LogP contribution < -0.4 is 4.74 Å². The van der Waals surface area contributed by atoms with Crippen molar-refractivity contribution in [3.05, 3.63) is 65.2 Å². The highest BCUT2D eigenvalue weighted by Crippen LogP contribution is 2.19. The SMILES string of the molecule is COc1ccc(CO)c(CCc2ccccc2)c1. The van der Waals surface area contributed by atoms with Gasteiger partial charge < -0.3 is 9.84 Å². The molecule has 0 atom stereocenters. The van der Waals surface area contributed by atoms with E-state index in [1.165, 1.54) is 5.56 Å². The molecular formula is C16H18O2. The van der Waals surface area contributed by atoms with Gasteiger partial charge >= 0.3 is 0 Å². The highest BCUT2D eigenvalue weighted by Gasteiger charge is 2.04. The Morgan fingerprint density at radius 2 is 1.72 bits per heavy atom. The van der Waals surface area contributed by atoms with Crippen molar-refractivity contribution in [2.75, 3.05) is 7.11 Å². The highest BCUT2D eigenvalue weighted by atomic mass is 16.5. The lowest BCUT2D eigenvalue weighted by molar-refractivity contribution is 0.280. The number of hydrogen-bond acceptors (Lipinski definition) is 2. The molecule has 2 rings (SSSR count). The topological polar surface area (TPSA) is 29.5 Å². The summed E-state index contributed by atoms with van der Waals surface area (Å²) in [5, 5.41) is 9.34. The fourth-order valence-electron chi connectivity index (χ4n) is 2.04. The fraction of sp³-hybridized carbons (Fsp3) is 0.250. The molecule has 0 aliphatic rings. The van der Waals surface area contributed by atoms with Crippen molar-refractivity contribution < 1.29 is 9.84 Å². The van der Waals surface area contributed by atoms with Crippen LogP contribution in [0.1, 0.15) is 16.7 Å². The van der Waals surface area contributed by atoms with Crippen LogP contribution in [0.4, 0.5) is 0 Å². The van der Waals surface area contributed by atoms with E-state index >= 15 is 0 Å². The van der Waals surface area contributed by atoms with Crippen LogP contribution in [-0.2, 0) is 19.4 Å². The second-order valence-corrected chi connectivity index (χ2v) is 4.28. The van der Waals surface area contributed by atoms with Crippen LogP contribution in [0.25, 0.3) is 0 Å². The number of ether oxygens (including phenoxy) is 1. The summed E-state index contributed by atoms with van der Waals surface area (Å²) in [4.78, 5) is 0. The van der Waals surface area contributed by atoms with E-state index in [4.69, 9.17) is 4.74 Å². The van der Waals surface area contributed by atoms with Gasteiger partial charge in [0.05, 0.1) is 13.7 Å². The Bertz CT molecular complexity index is 492. The molecule has 2 aromatic rings. The first-order valence-corrected chi connectivity index (χ1v) is 6.14. The summed E-state index contributed by atoms with van der Waals surface area (Å²) in [5.41, 5.74) is 3.44. The average molecular weight is 242 g/mol. The summed E-state index contributed by atoms with van der Waals surface area (Å²) >= 11 is 0. The molecule has 0 spiro atoms. The average Bonchev–Trinajstić information content (AvgIpc) is 2.45. The van der Waals surface area contributed by atoms with Gasteiger partial charge in [-0.05, 0) is 41.7 Å². The van der Waals surface area contributed by atoms with Crippen molar-refractivity contribution in [2.45, 2.75) is 19.4 Å². The number of rotatable bonds is 5. The van der Waals surface area contributed by atoms with E-state index in [1.807, 2.05) is 36.4 Å². The second-order valence-electron chi connectivity index (χ2n) is 4.28. The van der Waals surface area contributed by atoms with Crippen LogP contribution in [-0.4, -0.2) is 12.2 Å². The normalized spacial score (nSPS) is 10.3. The van der Waals surface area contributed by atoms with E-state index in [9.17, 15) is 5.11 Å². The lowest BCUT2D eigenvalue weighted by Crippen LogP contribution is -1.98. The van der Waals surface area contributed by atoms with Crippen molar-refractivity contribution in [3.8, 4) is 5.75 Å². The van der Waals surface area contributed by atoms with Gasteiger partial charge in [-0.2, -0.15) is 0 Å². The van der Waals surface area contributed by atoms with Crippen LogP contribution in [0.5, 0.6) is 5.75 Å². The molecule has 0 aliphatic heterocycles. The molecule has 0 saturated heterocycles. The molecule has 2 nitrogen and oxygen atoms in total. The van der Waals surface area contributed by atoms with Gasteiger partial charge in [0.2, 0.25) is 0 Å². The maximum absolute atomic E-state index is 9.34. The lowest BCUT2D eigenvalue weighted by Gasteiger charge is -2.09. The number of benzene rings is 2.